The lowest BCUT2D eigenvalue weighted by Gasteiger charge is -2.22. The van der Waals surface area contributed by atoms with E-state index in [2.05, 4.69) is 6.58 Å². The molecule has 10 heavy (non-hydrogen) atoms. The third kappa shape index (κ3) is 1.98. The highest BCUT2D eigenvalue weighted by Crippen LogP contribution is 2.27. The predicted octanol–water partition coefficient (Wildman–Crippen LogP) is 2.57. The van der Waals surface area contributed by atoms with Crippen LogP contribution >= 0.6 is 0 Å². The van der Waals surface area contributed by atoms with Gasteiger partial charge in [0.25, 0.3) is 0 Å². The van der Waals surface area contributed by atoms with Crippen molar-refractivity contribution >= 4 is 6.29 Å². The number of aldehydes is 1. The van der Waals surface area contributed by atoms with Crippen molar-refractivity contribution in [2.45, 2.75) is 33.1 Å². The molecular weight excluding hydrogens is 124 g/mol. The van der Waals surface area contributed by atoms with Gasteiger partial charge in [0.1, 0.15) is 6.29 Å². The molecule has 0 amide bonds. The zero-order chi connectivity index (χ0) is 8.04. The Kier molecular flexibility index (Phi) is 4.01. The lowest BCUT2D eigenvalue weighted by atomic mass is 9.81. The van der Waals surface area contributed by atoms with Crippen molar-refractivity contribution in [3.63, 3.8) is 0 Å². The van der Waals surface area contributed by atoms with E-state index in [0.29, 0.717) is 0 Å². The van der Waals surface area contributed by atoms with E-state index >= 15 is 0 Å². The van der Waals surface area contributed by atoms with E-state index in [9.17, 15) is 4.79 Å². The zero-order valence-corrected chi connectivity index (χ0v) is 6.89. The molecule has 0 saturated carbocycles. The van der Waals surface area contributed by atoms with Gasteiger partial charge in [-0.15, -0.1) is 6.58 Å². The van der Waals surface area contributed by atoms with Crippen LogP contribution in [0, 0.1) is 5.41 Å². The van der Waals surface area contributed by atoms with Crippen LogP contribution in [0.15, 0.2) is 12.7 Å². The summed E-state index contributed by atoms with van der Waals surface area (Å²) >= 11 is 0. The van der Waals surface area contributed by atoms with Gasteiger partial charge in [-0.25, -0.2) is 0 Å². The number of hydrogen-bond donors (Lipinski definition) is 0. The van der Waals surface area contributed by atoms with Gasteiger partial charge < -0.3 is 4.79 Å². The first-order chi connectivity index (χ1) is 4.74. The van der Waals surface area contributed by atoms with Gasteiger partial charge in [0.05, 0.1) is 0 Å². The number of carbonyl (C=O) groups excluding carboxylic acids is 1. The van der Waals surface area contributed by atoms with Crippen LogP contribution in [0.2, 0.25) is 0 Å². The Bertz CT molecular complexity index is 112. The molecule has 1 heteroatoms. The number of carbonyl (C=O) groups is 1. The van der Waals surface area contributed by atoms with E-state index in [0.717, 1.165) is 25.5 Å². The van der Waals surface area contributed by atoms with Crippen LogP contribution in [-0.2, 0) is 4.79 Å². The first-order valence-corrected chi connectivity index (χ1v) is 3.82. The second-order valence-electron chi connectivity index (χ2n) is 2.68. The molecule has 0 bridgehead atoms. The lowest BCUT2D eigenvalue weighted by Crippen LogP contribution is -2.19. The van der Waals surface area contributed by atoms with Gasteiger partial charge in [0.15, 0.2) is 0 Å². The maximum absolute atomic E-state index is 10.6. The molecule has 0 spiro atoms. The zero-order valence-electron chi connectivity index (χ0n) is 6.89. The van der Waals surface area contributed by atoms with Gasteiger partial charge >= 0.3 is 0 Å². The fraction of sp³-hybridized carbons (Fsp3) is 0.667. The molecule has 0 saturated heterocycles. The van der Waals surface area contributed by atoms with E-state index in [4.69, 9.17) is 0 Å². The average Bonchev–Trinajstić information content (AvgIpc) is 2.01. The summed E-state index contributed by atoms with van der Waals surface area (Å²) in [5.41, 5.74) is -0.123. The van der Waals surface area contributed by atoms with Crippen LogP contribution in [0.5, 0.6) is 0 Å². The molecule has 0 aromatic heterocycles. The monoisotopic (exact) mass is 140 g/mol. The highest BCUT2D eigenvalue weighted by molar-refractivity contribution is 5.59. The van der Waals surface area contributed by atoms with Crippen LogP contribution in [0.1, 0.15) is 33.1 Å². The largest absolute Gasteiger partial charge is 0.303 e. The summed E-state index contributed by atoms with van der Waals surface area (Å²) < 4.78 is 0. The highest BCUT2D eigenvalue weighted by atomic mass is 16.1. The van der Waals surface area contributed by atoms with E-state index < -0.39 is 0 Å². The Morgan fingerprint density at radius 2 is 1.90 bits per heavy atom. The van der Waals surface area contributed by atoms with Crippen LogP contribution in [0.25, 0.3) is 0 Å². The van der Waals surface area contributed by atoms with Crippen LogP contribution in [0.3, 0.4) is 0 Å². The Morgan fingerprint density at radius 1 is 1.40 bits per heavy atom. The minimum atomic E-state index is -0.123. The first-order valence-electron chi connectivity index (χ1n) is 3.82. The van der Waals surface area contributed by atoms with Crippen LogP contribution in [0.4, 0.5) is 0 Å². The smallest absolute Gasteiger partial charge is 0.126 e. The standard InChI is InChI=1S/C9H16O/c1-4-7-9(5-2,6-3)8-10/h4,8H,1,5-7H2,2-3H3. The topological polar surface area (TPSA) is 17.1 Å². The second kappa shape index (κ2) is 4.26. The van der Waals surface area contributed by atoms with Crippen molar-refractivity contribution in [2.75, 3.05) is 0 Å². The molecule has 0 atom stereocenters. The van der Waals surface area contributed by atoms with Gasteiger partial charge in [0, 0.05) is 5.41 Å². The molecule has 0 aliphatic heterocycles. The van der Waals surface area contributed by atoms with E-state index in [-0.39, 0.29) is 5.41 Å². The minimum absolute atomic E-state index is 0.123. The summed E-state index contributed by atoms with van der Waals surface area (Å²) in [5.74, 6) is 0. The molecule has 0 aliphatic carbocycles. The molecule has 0 unspecified atom stereocenters. The molecule has 0 rings (SSSR count). The van der Waals surface area contributed by atoms with E-state index in [1.807, 2.05) is 19.9 Å². The SMILES string of the molecule is C=CCC(C=O)(CC)CC. The number of rotatable bonds is 5. The third-order valence-electron chi connectivity index (χ3n) is 2.21. The van der Waals surface area contributed by atoms with Crippen LogP contribution in [-0.4, -0.2) is 6.29 Å². The Morgan fingerprint density at radius 3 is 2.00 bits per heavy atom. The van der Waals surface area contributed by atoms with Crippen molar-refractivity contribution in [1.82, 2.24) is 0 Å². The molecule has 0 fully saturated rings. The average molecular weight is 140 g/mol. The third-order valence-corrected chi connectivity index (χ3v) is 2.21. The quantitative estimate of drug-likeness (QED) is 0.423. The van der Waals surface area contributed by atoms with Gasteiger partial charge in [-0.2, -0.15) is 0 Å². The van der Waals surface area contributed by atoms with Crippen molar-refractivity contribution in [2.24, 2.45) is 5.41 Å². The molecule has 1 nitrogen and oxygen atoms in total. The van der Waals surface area contributed by atoms with Crippen molar-refractivity contribution in [3.05, 3.63) is 12.7 Å². The van der Waals surface area contributed by atoms with Gasteiger partial charge in [0.2, 0.25) is 0 Å². The summed E-state index contributed by atoms with van der Waals surface area (Å²) in [4.78, 5) is 10.6. The molecule has 0 aromatic carbocycles. The van der Waals surface area contributed by atoms with Gasteiger partial charge in [-0.1, -0.05) is 19.9 Å². The fourth-order valence-electron chi connectivity index (χ4n) is 1.04. The van der Waals surface area contributed by atoms with Gasteiger partial charge in [-0.05, 0) is 19.3 Å². The molecular formula is C9H16O. The molecule has 0 aromatic rings. The lowest BCUT2D eigenvalue weighted by molar-refractivity contribution is -0.116. The number of hydrogen-bond acceptors (Lipinski definition) is 1. The minimum Gasteiger partial charge on any atom is -0.303 e. The molecule has 0 heterocycles. The molecule has 58 valence electrons. The summed E-state index contributed by atoms with van der Waals surface area (Å²) in [7, 11) is 0. The molecule has 0 radical (unpaired) electrons. The second-order valence-corrected chi connectivity index (χ2v) is 2.68. The van der Waals surface area contributed by atoms with Crippen molar-refractivity contribution in [1.29, 1.82) is 0 Å². The van der Waals surface area contributed by atoms with Gasteiger partial charge in [-0.3, -0.25) is 0 Å². The predicted molar refractivity (Wildman–Crippen MR) is 43.9 cm³/mol. The normalized spacial score (nSPS) is 11.0. The summed E-state index contributed by atoms with van der Waals surface area (Å²) in [6, 6.07) is 0. The maximum Gasteiger partial charge on any atom is 0.126 e. The van der Waals surface area contributed by atoms with Crippen LogP contribution < -0.4 is 0 Å². The fourth-order valence-corrected chi connectivity index (χ4v) is 1.04. The molecule has 0 aliphatic rings. The Hall–Kier alpha value is -0.590. The Labute approximate surface area is 63.1 Å². The summed E-state index contributed by atoms with van der Waals surface area (Å²) in [6.45, 7) is 7.72. The van der Waals surface area contributed by atoms with E-state index in [1.54, 1.807) is 0 Å². The van der Waals surface area contributed by atoms with Crippen molar-refractivity contribution < 1.29 is 4.79 Å². The highest BCUT2D eigenvalue weighted by Gasteiger charge is 2.22. The summed E-state index contributed by atoms with van der Waals surface area (Å²) in [5, 5.41) is 0. The number of allylic oxidation sites excluding steroid dienone is 1. The first kappa shape index (κ1) is 9.41. The Balaban J connectivity index is 4.13. The molecule has 0 N–H and O–H groups in total. The van der Waals surface area contributed by atoms with E-state index in [1.165, 1.54) is 0 Å². The summed E-state index contributed by atoms with van der Waals surface area (Å²) in [6.07, 6.45) is 5.53. The van der Waals surface area contributed by atoms with Crippen molar-refractivity contribution in [3.8, 4) is 0 Å². The maximum atomic E-state index is 10.6.